The van der Waals surface area contributed by atoms with Crippen LogP contribution in [0.15, 0.2) is 34.9 Å². The molecule has 0 unspecified atom stereocenters. The molecule has 0 heterocycles. The minimum atomic E-state index is -2.11. The van der Waals surface area contributed by atoms with Crippen molar-refractivity contribution in [1.82, 2.24) is 0 Å². The molecule has 0 aliphatic rings. The summed E-state index contributed by atoms with van der Waals surface area (Å²) in [6, 6.07) is 0. The second-order valence-corrected chi connectivity index (χ2v) is 23.5. The van der Waals surface area contributed by atoms with Gasteiger partial charge in [0.25, 0.3) is 0 Å². The molecule has 176 valence electrons. The number of ether oxygens (including phenoxy) is 1. The van der Waals surface area contributed by atoms with Crippen molar-refractivity contribution < 1.29 is 4.74 Å². The Kier molecular flexibility index (Phi) is 19.6. The van der Waals surface area contributed by atoms with Gasteiger partial charge in [-0.15, -0.1) is 0 Å². The van der Waals surface area contributed by atoms with Gasteiger partial charge in [0.2, 0.25) is 0 Å². The Labute approximate surface area is 194 Å². The average molecular weight is 525 g/mol. The molecule has 0 atom stereocenters. The molecular formula is C28H54OSn. The molecule has 0 aromatic carbocycles. The Bertz CT molecular complexity index is 475. The summed E-state index contributed by atoms with van der Waals surface area (Å²) in [5.41, 5.74) is 4.44. The fourth-order valence-corrected chi connectivity index (χ4v) is 18.5. The van der Waals surface area contributed by atoms with Gasteiger partial charge in [0.15, 0.2) is 0 Å². The van der Waals surface area contributed by atoms with Crippen molar-refractivity contribution in [2.24, 2.45) is 0 Å². The Hall–Kier alpha value is -0.0213. The van der Waals surface area contributed by atoms with Gasteiger partial charge in [-0.05, 0) is 13.8 Å². The molecule has 0 saturated heterocycles. The summed E-state index contributed by atoms with van der Waals surface area (Å²) in [6.45, 7) is 16.8. The van der Waals surface area contributed by atoms with E-state index >= 15 is 0 Å². The first kappa shape index (κ1) is 30.0. The second-order valence-electron chi connectivity index (χ2n) is 9.79. The monoisotopic (exact) mass is 526 g/mol. The zero-order valence-corrected chi connectivity index (χ0v) is 24.6. The van der Waals surface area contributed by atoms with Crippen molar-refractivity contribution in [3.63, 3.8) is 0 Å². The van der Waals surface area contributed by atoms with Crippen molar-refractivity contribution in [1.29, 1.82) is 0 Å². The molecular weight excluding hydrogens is 471 g/mol. The average Bonchev–Trinajstić information content (AvgIpc) is 2.71. The fraction of sp³-hybridized carbons (Fsp3) is 0.786. The first-order chi connectivity index (χ1) is 14.4. The van der Waals surface area contributed by atoms with Crippen LogP contribution in [0.3, 0.4) is 0 Å². The molecule has 0 rings (SSSR count). The molecule has 0 bridgehead atoms. The van der Waals surface area contributed by atoms with E-state index in [9.17, 15) is 0 Å². The number of rotatable bonds is 19. The van der Waals surface area contributed by atoms with Gasteiger partial charge in [-0.25, -0.2) is 0 Å². The summed E-state index contributed by atoms with van der Waals surface area (Å²) in [5.74, 6) is 0. The van der Waals surface area contributed by atoms with E-state index in [1.807, 2.05) is 0 Å². The number of hydrogen-bond donors (Lipinski definition) is 0. The van der Waals surface area contributed by atoms with Gasteiger partial charge in [0.1, 0.15) is 0 Å². The molecule has 1 nitrogen and oxygen atoms in total. The van der Waals surface area contributed by atoms with Gasteiger partial charge < -0.3 is 0 Å². The summed E-state index contributed by atoms with van der Waals surface area (Å²) in [6.07, 6.45) is 20.1. The van der Waals surface area contributed by atoms with Crippen molar-refractivity contribution in [3.05, 3.63) is 34.9 Å². The molecule has 0 radical (unpaired) electrons. The van der Waals surface area contributed by atoms with Crippen LogP contribution in [0, 0.1) is 0 Å². The normalized spacial score (nSPS) is 13.0. The molecule has 0 N–H and O–H groups in total. The molecule has 0 fully saturated rings. The summed E-state index contributed by atoms with van der Waals surface area (Å²) in [5, 5.41) is 0. The van der Waals surface area contributed by atoms with Gasteiger partial charge in [0, 0.05) is 0 Å². The van der Waals surface area contributed by atoms with Crippen LogP contribution < -0.4 is 0 Å². The molecule has 0 amide bonds. The zero-order valence-electron chi connectivity index (χ0n) is 21.7. The van der Waals surface area contributed by atoms with E-state index in [4.69, 9.17) is 4.74 Å². The van der Waals surface area contributed by atoms with E-state index in [0.717, 1.165) is 17.7 Å². The van der Waals surface area contributed by atoms with Gasteiger partial charge in [-0.1, -0.05) is 5.57 Å². The van der Waals surface area contributed by atoms with Crippen LogP contribution in [0.1, 0.15) is 113 Å². The van der Waals surface area contributed by atoms with Crippen molar-refractivity contribution in [3.8, 4) is 0 Å². The maximum absolute atomic E-state index is 6.36. The minimum Gasteiger partial charge on any atom is -0.0804 e. The van der Waals surface area contributed by atoms with E-state index in [0.29, 0.717) is 0 Å². The summed E-state index contributed by atoms with van der Waals surface area (Å²) < 4.78 is 12.2. The summed E-state index contributed by atoms with van der Waals surface area (Å²) in [4.78, 5) is 0. The number of unbranched alkanes of at least 4 members (excludes halogenated alkanes) is 3. The first-order valence-electron chi connectivity index (χ1n) is 12.9. The van der Waals surface area contributed by atoms with Crippen LogP contribution in [0.25, 0.3) is 0 Å². The van der Waals surface area contributed by atoms with E-state index in [1.54, 1.807) is 13.3 Å². The van der Waals surface area contributed by atoms with Crippen molar-refractivity contribution >= 4 is 18.4 Å². The quantitative estimate of drug-likeness (QED) is 0.0927. The molecule has 30 heavy (non-hydrogen) atoms. The third-order valence-corrected chi connectivity index (χ3v) is 20.7. The molecule has 2 heteroatoms. The minimum absolute atomic E-state index is 0.831. The van der Waals surface area contributed by atoms with Gasteiger partial charge >= 0.3 is 176 Å². The zero-order chi connectivity index (χ0) is 22.7. The second kappa shape index (κ2) is 19.6. The maximum atomic E-state index is 6.36. The summed E-state index contributed by atoms with van der Waals surface area (Å²) >= 11 is -2.11. The third kappa shape index (κ3) is 16.6. The standard InChI is InChI=1S/C16H27O.3C4H9.Sn/c1-14(2)8-6-9-15(3)10-7-11-16(4)12-13-17-5;3*1-3-4-2;/h8,10,12H,5-7,9,11,13H2,1-4H3;3*1,3-4H2,2H3;. The third-order valence-electron chi connectivity index (χ3n) is 6.26. The molecule has 0 aliphatic heterocycles. The summed E-state index contributed by atoms with van der Waals surface area (Å²) in [7, 11) is 0. The van der Waals surface area contributed by atoms with Crippen molar-refractivity contribution in [2.45, 2.75) is 126 Å². The van der Waals surface area contributed by atoms with Crippen LogP contribution in [-0.4, -0.2) is 29.6 Å². The van der Waals surface area contributed by atoms with Crippen LogP contribution in [0.4, 0.5) is 0 Å². The molecule has 0 aliphatic carbocycles. The Morgan fingerprint density at radius 1 is 0.667 bits per heavy atom. The molecule has 0 aromatic rings. The molecule has 0 spiro atoms. The van der Waals surface area contributed by atoms with Crippen LogP contribution in [0.2, 0.25) is 13.3 Å². The fourth-order valence-electron chi connectivity index (χ4n) is 4.06. The molecule has 0 saturated carbocycles. The van der Waals surface area contributed by atoms with Crippen LogP contribution >= 0.6 is 0 Å². The predicted molar refractivity (Wildman–Crippen MR) is 141 cm³/mol. The van der Waals surface area contributed by atoms with Gasteiger partial charge in [0.05, 0.1) is 0 Å². The predicted octanol–water partition coefficient (Wildman–Crippen LogP) is 9.81. The van der Waals surface area contributed by atoms with Crippen molar-refractivity contribution in [2.75, 3.05) is 11.2 Å². The number of hydrogen-bond acceptors (Lipinski definition) is 1. The topological polar surface area (TPSA) is 9.23 Å². The van der Waals surface area contributed by atoms with E-state index in [-0.39, 0.29) is 0 Å². The first-order valence-corrected chi connectivity index (χ1v) is 21.0. The van der Waals surface area contributed by atoms with Crippen LogP contribution in [-0.2, 0) is 4.74 Å². The SMILES string of the molecule is CCC[CH2][Sn]([CH2]CCC)([CH2]CCC)[CH2]OCC=C(C)CCC=C(C)CCC=C(C)C. The van der Waals surface area contributed by atoms with Crippen LogP contribution in [0.5, 0.6) is 0 Å². The van der Waals surface area contributed by atoms with E-state index in [1.165, 1.54) is 74.5 Å². The van der Waals surface area contributed by atoms with Gasteiger partial charge in [-0.2, -0.15) is 0 Å². The Morgan fingerprint density at radius 3 is 1.60 bits per heavy atom. The number of allylic oxidation sites excluding steroid dienone is 5. The Balaban J connectivity index is 4.49. The van der Waals surface area contributed by atoms with Gasteiger partial charge in [-0.3, -0.25) is 0 Å². The Morgan fingerprint density at radius 2 is 1.13 bits per heavy atom. The molecule has 0 aromatic heterocycles. The van der Waals surface area contributed by atoms with E-state index < -0.39 is 18.4 Å². The van der Waals surface area contributed by atoms with E-state index in [2.05, 4.69) is 66.7 Å². The smallest absolute Gasteiger partial charge is 0.0804 e.